The van der Waals surface area contributed by atoms with Crippen molar-refractivity contribution in [2.45, 2.75) is 33.1 Å². The molecule has 2 rings (SSSR count). The van der Waals surface area contributed by atoms with Crippen LogP contribution in [0.4, 0.5) is 5.95 Å². The third-order valence-corrected chi connectivity index (χ3v) is 3.24. The molecular formula is C16H21N3O. The molecule has 4 heteroatoms. The van der Waals surface area contributed by atoms with Gasteiger partial charge in [-0.15, -0.1) is 0 Å². The lowest BCUT2D eigenvalue weighted by atomic mass is 9.98. The monoisotopic (exact) mass is 271 g/mol. The van der Waals surface area contributed by atoms with E-state index >= 15 is 0 Å². The molecule has 1 aromatic heterocycles. The maximum atomic E-state index is 5.93. The summed E-state index contributed by atoms with van der Waals surface area (Å²) in [5.74, 6) is 2.47. The number of ether oxygens (including phenoxy) is 1. The van der Waals surface area contributed by atoms with E-state index in [0.29, 0.717) is 17.7 Å². The molecule has 0 aliphatic rings. The van der Waals surface area contributed by atoms with Gasteiger partial charge >= 0.3 is 0 Å². The van der Waals surface area contributed by atoms with Crippen LogP contribution in [0.3, 0.4) is 0 Å². The van der Waals surface area contributed by atoms with Crippen molar-refractivity contribution in [2.24, 2.45) is 0 Å². The van der Waals surface area contributed by atoms with Crippen LogP contribution in [0.5, 0.6) is 11.6 Å². The lowest BCUT2D eigenvalue weighted by Crippen LogP contribution is -2.03. The predicted octanol–water partition coefficient (Wildman–Crippen LogP) is 4.21. The average molecular weight is 271 g/mol. The van der Waals surface area contributed by atoms with Crippen LogP contribution in [0.2, 0.25) is 0 Å². The number of para-hydroxylation sites is 1. The first-order valence-corrected chi connectivity index (χ1v) is 7.08. The van der Waals surface area contributed by atoms with Gasteiger partial charge in [0, 0.05) is 18.8 Å². The van der Waals surface area contributed by atoms with Crippen molar-refractivity contribution in [2.75, 3.05) is 11.9 Å². The molecular weight excluding hydrogens is 250 g/mol. The number of benzene rings is 1. The van der Waals surface area contributed by atoms with Crippen LogP contribution in [0, 0.1) is 0 Å². The van der Waals surface area contributed by atoms with Crippen molar-refractivity contribution in [3.63, 3.8) is 0 Å². The third kappa shape index (κ3) is 3.47. The standard InChI is InChI=1S/C16H21N3O/c1-4-12(3)13-8-6-7-9-14(13)20-15-10-11-18-16(19-15)17-5-2/h6-12H,4-5H2,1-3H3,(H,17,18,19). The number of nitrogens with zero attached hydrogens (tertiary/aromatic N) is 2. The number of anilines is 1. The lowest BCUT2D eigenvalue weighted by Gasteiger charge is -2.15. The van der Waals surface area contributed by atoms with E-state index in [9.17, 15) is 0 Å². The van der Waals surface area contributed by atoms with Crippen molar-refractivity contribution >= 4 is 5.95 Å². The first-order chi connectivity index (χ1) is 9.74. The Balaban J connectivity index is 2.23. The largest absolute Gasteiger partial charge is 0.439 e. The van der Waals surface area contributed by atoms with Gasteiger partial charge in [-0.05, 0) is 30.9 Å². The second-order valence-electron chi connectivity index (χ2n) is 4.70. The molecule has 0 radical (unpaired) electrons. The number of hydrogen-bond acceptors (Lipinski definition) is 4. The predicted molar refractivity (Wildman–Crippen MR) is 81.4 cm³/mol. The molecule has 20 heavy (non-hydrogen) atoms. The summed E-state index contributed by atoms with van der Waals surface area (Å²) in [5, 5.41) is 3.08. The van der Waals surface area contributed by atoms with E-state index in [0.717, 1.165) is 18.7 Å². The Morgan fingerprint density at radius 3 is 2.75 bits per heavy atom. The van der Waals surface area contributed by atoms with Crippen LogP contribution in [0.25, 0.3) is 0 Å². The highest BCUT2D eigenvalue weighted by Gasteiger charge is 2.11. The fraction of sp³-hybridized carbons (Fsp3) is 0.375. The van der Waals surface area contributed by atoms with Crippen LogP contribution in [-0.4, -0.2) is 16.5 Å². The lowest BCUT2D eigenvalue weighted by molar-refractivity contribution is 0.451. The highest BCUT2D eigenvalue weighted by atomic mass is 16.5. The van der Waals surface area contributed by atoms with Crippen LogP contribution in [0.15, 0.2) is 36.5 Å². The minimum Gasteiger partial charge on any atom is -0.439 e. The van der Waals surface area contributed by atoms with Crippen LogP contribution in [-0.2, 0) is 0 Å². The molecule has 0 saturated carbocycles. The Kier molecular flexibility index (Phi) is 4.93. The molecule has 2 aromatic rings. The summed E-state index contributed by atoms with van der Waals surface area (Å²) in [4.78, 5) is 8.48. The van der Waals surface area contributed by atoms with E-state index in [-0.39, 0.29) is 0 Å². The smallest absolute Gasteiger partial charge is 0.225 e. The maximum absolute atomic E-state index is 5.93. The van der Waals surface area contributed by atoms with Gasteiger partial charge in [-0.2, -0.15) is 4.98 Å². The zero-order chi connectivity index (χ0) is 14.4. The summed E-state index contributed by atoms with van der Waals surface area (Å²) in [6.45, 7) is 7.17. The Bertz CT molecular complexity index is 557. The first kappa shape index (κ1) is 14.3. The summed E-state index contributed by atoms with van der Waals surface area (Å²) in [6.07, 6.45) is 2.78. The van der Waals surface area contributed by atoms with Crippen molar-refractivity contribution < 1.29 is 4.74 Å². The summed E-state index contributed by atoms with van der Waals surface area (Å²) in [7, 11) is 0. The zero-order valence-electron chi connectivity index (χ0n) is 12.3. The Morgan fingerprint density at radius 1 is 1.20 bits per heavy atom. The summed E-state index contributed by atoms with van der Waals surface area (Å²) in [6, 6.07) is 9.88. The molecule has 0 saturated heterocycles. The molecule has 1 heterocycles. The SMILES string of the molecule is CCNc1nccc(Oc2ccccc2C(C)CC)n1. The fourth-order valence-corrected chi connectivity index (χ4v) is 1.96. The van der Waals surface area contributed by atoms with Gasteiger partial charge in [-0.1, -0.05) is 32.0 Å². The Hall–Kier alpha value is -2.10. The zero-order valence-corrected chi connectivity index (χ0v) is 12.3. The second kappa shape index (κ2) is 6.89. The van der Waals surface area contributed by atoms with E-state index in [1.54, 1.807) is 12.3 Å². The topological polar surface area (TPSA) is 47.0 Å². The molecule has 1 N–H and O–H groups in total. The van der Waals surface area contributed by atoms with E-state index in [4.69, 9.17) is 4.74 Å². The fourth-order valence-electron chi connectivity index (χ4n) is 1.96. The highest BCUT2D eigenvalue weighted by Crippen LogP contribution is 2.31. The number of rotatable bonds is 6. The Morgan fingerprint density at radius 2 is 2.00 bits per heavy atom. The number of hydrogen-bond donors (Lipinski definition) is 1. The van der Waals surface area contributed by atoms with Gasteiger partial charge < -0.3 is 10.1 Å². The molecule has 1 unspecified atom stereocenters. The second-order valence-corrected chi connectivity index (χ2v) is 4.70. The Labute approximate surface area is 120 Å². The molecule has 0 amide bonds. The minimum atomic E-state index is 0.460. The summed E-state index contributed by atoms with van der Waals surface area (Å²) in [5.41, 5.74) is 1.21. The molecule has 0 aliphatic heterocycles. The van der Waals surface area contributed by atoms with Crippen molar-refractivity contribution in [1.82, 2.24) is 9.97 Å². The van der Waals surface area contributed by atoms with Crippen molar-refractivity contribution in [3.8, 4) is 11.6 Å². The van der Waals surface area contributed by atoms with E-state index < -0.39 is 0 Å². The summed E-state index contributed by atoms with van der Waals surface area (Å²) < 4.78 is 5.93. The van der Waals surface area contributed by atoms with Gasteiger partial charge in [0.25, 0.3) is 0 Å². The maximum Gasteiger partial charge on any atom is 0.225 e. The van der Waals surface area contributed by atoms with Crippen LogP contribution in [0.1, 0.15) is 38.7 Å². The van der Waals surface area contributed by atoms with E-state index in [2.05, 4.69) is 35.2 Å². The van der Waals surface area contributed by atoms with Gasteiger partial charge in [-0.25, -0.2) is 4.98 Å². The van der Waals surface area contributed by atoms with Gasteiger partial charge in [-0.3, -0.25) is 0 Å². The first-order valence-electron chi connectivity index (χ1n) is 7.08. The van der Waals surface area contributed by atoms with Gasteiger partial charge in [0.05, 0.1) is 0 Å². The number of aromatic nitrogens is 2. The molecule has 1 aromatic carbocycles. The molecule has 106 valence electrons. The average Bonchev–Trinajstić information content (AvgIpc) is 2.48. The summed E-state index contributed by atoms with van der Waals surface area (Å²) >= 11 is 0. The van der Waals surface area contributed by atoms with Crippen LogP contribution >= 0.6 is 0 Å². The molecule has 4 nitrogen and oxygen atoms in total. The van der Waals surface area contributed by atoms with Crippen LogP contribution < -0.4 is 10.1 Å². The van der Waals surface area contributed by atoms with Crippen molar-refractivity contribution in [1.29, 1.82) is 0 Å². The van der Waals surface area contributed by atoms with Gasteiger partial charge in [0.2, 0.25) is 11.8 Å². The quantitative estimate of drug-likeness (QED) is 0.854. The van der Waals surface area contributed by atoms with Gasteiger partial charge in [0.15, 0.2) is 0 Å². The third-order valence-electron chi connectivity index (χ3n) is 3.24. The van der Waals surface area contributed by atoms with E-state index in [1.165, 1.54) is 5.56 Å². The molecule has 0 fully saturated rings. The minimum absolute atomic E-state index is 0.460. The molecule has 0 spiro atoms. The molecule has 0 aliphatic carbocycles. The van der Waals surface area contributed by atoms with Crippen molar-refractivity contribution in [3.05, 3.63) is 42.1 Å². The van der Waals surface area contributed by atoms with E-state index in [1.807, 2.05) is 25.1 Å². The highest BCUT2D eigenvalue weighted by molar-refractivity contribution is 5.39. The molecule has 0 bridgehead atoms. The number of nitrogens with one attached hydrogen (secondary N) is 1. The molecule has 1 atom stereocenters. The van der Waals surface area contributed by atoms with Gasteiger partial charge in [0.1, 0.15) is 5.75 Å². The normalized spacial score (nSPS) is 11.9.